The van der Waals surface area contributed by atoms with E-state index in [4.69, 9.17) is 16.9 Å². The lowest BCUT2D eigenvalue weighted by atomic mass is 10.1. The van der Waals surface area contributed by atoms with E-state index in [1.165, 1.54) is 0 Å². The summed E-state index contributed by atoms with van der Waals surface area (Å²) in [6.45, 7) is 2.17. The number of anilines is 1. The van der Waals surface area contributed by atoms with E-state index in [2.05, 4.69) is 89.3 Å². The van der Waals surface area contributed by atoms with E-state index < -0.39 is 6.04 Å². The molecule has 1 unspecified atom stereocenters. The van der Waals surface area contributed by atoms with Gasteiger partial charge >= 0.3 is 0 Å². The number of hydrogen-bond donors (Lipinski definition) is 0. The van der Waals surface area contributed by atoms with Crippen molar-refractivity contribution in [1.29, 1.82) is 0 Å². The summed E-state index contributed by atoms with van der Waals surface area (Å²) in [7, 11) is 0. The van der Waals surface area contributed by atoms with Gasteiger partial charge in [-0.1, -0.05) is 95.3 Å². The summed E-state index contributed by atoms with van der Waals surface area (Å²) in [5.41, 5.74) is 5.34. The number of para-hydroxylation sites is 1. The van der Waals surface area contributed by atoms with Crippen molar-refractivity contribution in [3.05, 3.63) is 106 Å². The van der Waals surface area contributed by atoms with E-state index in [0.29, 0.717) is 0 Å². The van der Waals surface area contributed by atoms with Crippen LogP contribution in [0.2, 0.25) is 0 Å². The van der Waals surface area contributed by atoms with Crippen LogP contribution in [0.4, 0.5) is 5.69 Å². The third-order valence-electron chi connectivity index (χ3n) is 4.75. The van der Waals surface area contributed by atoms with Gasteiger partial charge in [-0.3, -0.25) is 0 Å². The van der Waals surface area contributed by atoms with Gasteiger partial charge in [0.25, 0.3) is 0 Å². The van der Waals surface area contributed by atoms with Gasteiger partial charge in [0.2, 0.25) is 0 Å². The lowest BCUT2D eigenvalue weighted by Gasteiger charge is -2.33. The molecule has 1 aliphatic heterocycles. The molecular weight excluding hydrogens is 447 g/mol. The fourth-order valence-corrected chi connectivity index (χ4v) is 6.30. The van der Waals surface area contributed by atoms with E-state index in [9.17, 15) is 0 Å². The summed E-state index contributed by atoms with van der Waals surface area (Å²) in [5.74, 6) is 2.30. The minimum absolute atomic E-state index is 0.899. The van der Waals surface area contributed by atoms with Crippen LogP contribution < -0.4 is 5.01 Å². The van der Waals surface area contributed by atoms with Gasteiger partial charge in [0.15, 0.2) is 0 Å². The average molecular weight is 467 g/mol. The number of halogens is 1. The molecule has 0 radical (unpaired) electrons. The predicted octanol–water partition coefficient (Wildman–Crippen LogP) is 7.13. The minimum Gasteiger partial charge on any atom is -0.232 e. The SMILES string of the molecule is CCP1(=S)C=C(c2ccccc2)N(c2ccccc2)N=C1c1ccc(Br)cc1. The first-order valence-electron chi connectivity index (χ1n) is 9.18. The first-order valence-corrected chi connectivity index (χ1v) is 13.0. The first-order chi connectivity index (χ1) is 13.6. The topological polar surface area (TPSA) is 15.6 Å². The molecule has 0 saturated carbocycles. The highest BCUT2D eigenvalue weighted by Gasteiger charge is 2.30. The molecule has 3 aromatic carbocycles. The Morgan fingerprint density at radius 1 is 0.857 bits per heavy atom. The van der Waals surface area contributed by atoms with Crippen LogP contribution in [0.1, 0.15) is 18.1 Å². The van der Waals surface area contributed by atoms with Gasteiger partial charge in [0.05, 0.1) is 11.4 Å². The maximum Gasteiger partial charge on any atom is 0.105 e. The van der Waals surface area contributed by atoms with E-state index in [0.717, 1.165) is 38.6 Å². The van der Waals surface area contributed by atoms with Gasteiger partial charge < -0.3 is 0 Å². The fraction of sp³-hybridized carbons (Fsp3) is 0.0870. The molecule has 3 aromatic rings. The Labute approximate surface area is 179 Å². The van der Waals surface area contributed by atoms with Crippen LogP contribution in [0.5, 0.6) is 0 Å². The predicted molar refractivity (Wildman–Crippen MR) is 129 cm³/mol. The second kappa shape index (κ2) is 8.16. The standard InChI is InChI=1S/C23H20BrN2PS/c1-2-27(28)17-22(18-9-5-3-6-10-18)26(21-11-7-4-8-12-21)25-23(27)19-13-15-20(24)16-14-19/h3-17H,2H2,1H3. The van der Waals surface area contributed by atoms with Crippen molar-refractivity contribution in [3.63, 3.8) is 0 Å². The van der Waals surface area contributed by atoms with Gasteiger partial charge in [-0.05, 0) is 36.2 Å². The Morgan fingerprint density at radius 2 is 1.46 bits per heavy atom. The first kappa shape index (κ1) is 19.3. The summed E-state index contributed by atoms with van der Waals surface area (Å²) in [5, 5.41) is 7.18. The van der Waals surface area contributed by atoms with Crippen LogP contribution in [0.15, 0.2) is 100 Å². The van der Waals surface area contributed by atoms with Crippen LogP contribution >= 0.6 is 22.0 Å². The summed E-state index contributed by atoms with van der Waals surface area (Å²) >= 11 is 9.76. The highest BCUT2D eigenvalue weighted by molar-refractivity contribution is 9.10. The molecule has 0 spiro atoms. The lowest BCUT2D eigenvalue weighted by Crippen LogP contribution is -2.22. The highest BCUT2D eigenvalue weighted by atomic mass is 79.9. The monoisotopic (exact) mass is 466 g/mol. The van der Waals surface area contributed by atoms with Gasteiger partial charge in [-0.15, -0.1) is 0 Å². The molecule has 5 heteroatoms. The Hall–Kier alpha value is -2.00. The second-order valence-corrected chi connectivity index (χ2v) is 12.3. The molecule has 0 aliphatic carbocycles. The summed E-state index contributed by atoms with van der Waals surface area (Å²) in [4.78, 5) is 0. The lowest BCUT2D eigenvalue weighted by molar-refractivity contribution is 1.09. The maximum atomic E-state index is 6.24. The minimum atomic E-state index is -1.96. The van der Waals surface area contributed by atoms with E-state index in [-0.39, 0.29) is 0 Å². The normalized spacial score (nSPS) is 19.1. The molecule has 1 aliphatic rings. The zero-order valence-electron chi connectivity index (χ0n) is 15.5. The number of hydrazone groups is 1. The Morgan fingerprint density at radius 3 is 2.07 bits per heavy atom. The molecule has 0 N–H and O–H groups in total. The Kier molecular flexibility index (Phi) is 5.63. The highest BCUT2D eigenvalue weighted by Crippen LogP contribution is 2.56. The quantitative estimate of drug-likeness (QED) is 0.380. The largest absolute Gasteiger partial charge is 0.232 e. The summed E-state index contributed by atoms with van der Waals surface area (Å²) in [6.07, 6.45) is 0.899. The zero-order chi connectivity index (χ0) is 19.6. The van der Waals surface area contributed by atoms with Crippen molar-refractivity contribution in [2.45, 2.75) is 6.92 Å². The molecule has 0 fully saturated rings. The maximum absolute atomic E-state index is 6.24. The van der Waals surface area contributed by atoms with Crippen LogP contribution in [0.25, 0.3) is 5.70 Å². The fourth-order valence-electron chi connectivity index (χ4n) is 3.23. The second-order valence-electron chi connectivity index (χ2n) is 6.57. The van der Waals surface area contributed by atoms with Crippen molar-refractivity contribution in [1.82, 2.24) is 0 Å². The van der Waals surface area contributed by atoms with Gasteiger partial charge in [-0.25, -0.2) is 5.01 Å². The number of hydrogen-bond acceptors (Lipinski definition) is 3. The molecule has 2 nitrogen and oxygen atoms in total. The van der Waals surface area contributed by atoms with Crippen LogP contribution in [0.3, 0.4) is 0 Å². The molecule has 1 atom stereocenters. The van der Waals surface area contributed by atoms with Crippen molar-refractivity contribution >= 4 is 50.6 Å². The molecule has 1 heterocycles. The molecule has 0 amide bonds. The Balaban J connectivity index is 1.92. The molecule has 0 aromatic heterocycles. The van der Waals surface area contributed by atoms with Crippen LogP contribution in [-0.2, 0) is 11.8 Å². The summed E-state index contributed by atoms with van der Waals surface area (Å²) in [6, 6.07) is 27.0. The van der Waals surface area contributed by atoms with Crippen molar-refractivity contribution < 1.29 is 0 Å². The van der Waals surface area contributed by atoms with Gasteiger partial charge in [0.1, 0.15) is 5.45 Å². The van der Waals surface area contributed by atoms with Gasteiger partial charge in [0, 0.05) is 21.6 Å². The van der Waals surface area contributed by atoms with E-state index in [1.54, 1.807) is 0 Å². The number of nitrogens with zero attached hydrogens (tertiary/aromatic N) is 2. The molecule has 28 heavy (non-hydrogen) atoms. The van der Waals surface area contributed by atoms with Crippen molar-refractivity contribution in [2.24, 2.45) is 5.10 Å². The average Bonchev–Trinajstić information content (AvgIpc) is 2.75. The zero-order valence-corrected chi connectivity index (χ0v) is 18.8. The molecular formula is C23H20BrN2PS. The number of benzene rings is 3. The molecule has 140 valence electrons. The molecule has 0 saturated heterocycles. The molecule has 0 bridgehead atoms. The van der Waals surface area contributed by atoms with E-state index in [1.807, 2.05) is 29.3 Å². The number of rotatable bonds is 4. The smallest absolute Gasteiger partial charge is 0.105 e. The third-order valence-corrected chi connectivity index (χ3v) is 9.56. The van der Waals surface area contributed by atoms with Crippen molar-refractivity contribution in [3.8, 4) is 0 Å². The summed E-state index contributed by atoms with van der Waals surface area (Å²) < 4.78 is 1.05. The molecule has 4 rings (SSSR count). The third kappa shape index (κ3) is 3.77. The Bertz CT molecular complexity index is 1080. The van der Waals surface area contributed by atoms with Crippen molar-refractivity contribution in [2.75, 3.05) is 11.2 Å². The van der Waals surface area contributed by atoms with Crippen LogP contribution in [0, 0.1) is 0 Å². The van der Waals surface area contributed by atoms with Crippen LogP contribution in [-0.4, -0.2) is 11.6 Å². The van der Waals surface area contributed by atoms with Gasteiger partial charge in [-0.2, -0.15) is 5.10 Å². The van der Waals surface area contributed by atoms with E-state index >= 15 is 0 Å².